The summed E-state index contributed by atoms with van der Waals surface area (Å²) in [4.78, 5) is 0. The zero-order valence-corrected chi connectivity index (χ0v) is 8.67. The molecule has 1 heterocycles. The Kier molecular flexibility index (Phi) is 2.55. The van der Waals surface area contributed by atoms with E-state index in [0.717, 1.165) is 0 Å². The minimum atomic E-state index is -0.00334. The van der Waals surface area contributed by atoms with Gasteiger partial charge in [-0.2, -0.15) is 0 Å². The average Bonchev–Trinajstić information content (AvgIpc) is 2.53. The van der Waals surface area contributed by atoms with Gasteiger partial charge in [-0.3, -0.25) is 0 Å². The third-order valence-corrected chi connectivity index (χ3v) is 4.11. The highest BCUT2D eigenvalue weighted by molar-refractivity contribution is 8.21. The first-order chi connectivity index (χ1) is 6.34. The molecule has 2 rings (SSSR count). The topological polar surface area (TPSA) is 0 Å². The number of allylic oxidation sites excluding steroid dienone is 2. The molecule has 0 aliphatic carbocycles. The van der Waals surface area contributed by atoms with Gasteiger partial charge in [0.25, 0.3) is 0 Å². The monoisotopic (exact) mass is 190 g/mol. The van der Waals surface area contributed by atoms with Crippen LogP contribution in [0.25, 0.3) is 0 Å². The molecule has 0 aromatic heterocycles. The molecule has 1 aliphatic heterocycles. The molecule has 1 aromatic rings. The molecule has 1 heteroatoms. The number of thiol groups is 1. The zero-order valence-electron chi connectivity index (χ0n) is 7.77. The highest BCUT2D eigenvalue weighted by Gasteiger charge is 2.02. The summed E-state index contributed by atoms with van der Waals surface area (Å²) in [6.45, 7) is 2.17. The number of rotatable bonds is 2. The number of benzene rings is 1. The first-order valence-electron chi connectivity index (χ1n) is 4.51. The molecule has 1 aliphatic rings. The van der Waals surface area contributed by atoms with Crippen molar-refractivity contribution in [3.8, 4) is 0 Å². The van der Waals surface area contributed by atoms with Crippen LogP contribution in [0.2, 0.25) is 0 Å². The van der Waals surface area contributed by atoms with Crippen molar-refractivity contribution in [1.82, 2.24) is 0 Å². The molecule has 1 aromatic carbocycles. The predicted molar refractivity (Wildman–Crippen MR) is 62.0 cm³/mol. The van der Waals surface area contributed by atoms with E-state index in [1.54, 1.807) is 0 Å². The third-order valence-electron chi connectivity index (χ3n) is 2.11. The van der Waals surface area contributed by atoms with Gasteiger partial charge >= 0.3 is 0 Å². The molecule has 0 saturated heterocycles. The Morgan fingerprint density at radius 3 is 2.54 bits per heavy atom. The van der Waals surface area contributed by atoms with Gasteiger partial charge in [0.1, 0.15) is 0 Å². The summed E-state index contributed by atoms with van der Waals surface area (Å²) < 4.78 is 0. The Bertz CT molecular complexity index is 335. The Hall–Kier alpha value is -0.950. The van der Waals surface area contributed by atoms with E-state index in [1.807, 2.05) is 0 Å². The van der Waals surface area contributed by atoms with E-state index in [0.29, 0.717) is 0 Å². The van der Waals surface area contributed by atoms with Gasteiger partial charge in [0.15, 0.2) is 0 Å². The first-order valence-corrected chi connectivity index (χ1v) is 6.17. The predicted octanol–water partition coefficient (Wildman–Crippen LogP) is 3.62. The van der Waals surface area contributed by atoms with Crippen LogP contribution in [0.5, 0.6) is 0 Å². The Morgan fingerprint density at radius 2 is 1.92 bits per heavy atom. The molecule has 0 nitrogen and oxygen atoms in total. The largest absolute Gasteiger partial charge is 0.209 e. The van der Waals surface area contributed by atoms with Crippen LogP contribution in [0.3, 0.4) is 0 Å². The summed E-state index contributed by atoms with van der Waals surface area (Å²) in [5.74, 6) is 1.20. The second kappa shape index (κ2) is 3.84. The Labute approximate surface area is 82.3 Å². The highest BCUT2D eigenvalue weighted by atomic mass is 32.2. The van der Waals surface area contributed by atoms with E-state index in [2.05, 4.69) is 54.1 Å². The van der Waals surface area contributed by atoms with Crippen LogP contribution in [0.4, 0.5) is 0 Å². The van der Waals surface area contributed by atoms with Gasteiger partial charge in [-0.15, -0.1) is 0 Å². The molecule has 0 fully saturated rings. The van der Waals surface area contributed by atoms with Crippen molar-refractivity contribution in [1.29, 1.82) is 0 Å². The van der Waals surface area contributed by atoms with E-state index in [1.165, 1.54) is 16.9 Å². The fourth-order valence-corrected chi connectivity index (χ4v) is 3.40. The van der Waals surface area contributed by atoms with Crippen LogP contribution in [-0.2, 0) is 5.75 Å². The summed E-state index contributed by atoms with van der Waals surface area (Å²) in [7, 11) is -0.00334. The summed E-state index contributed by atoms with van der Waals surface area (Å²) >= 11 is 0. The molecule has 0 amide bonds. The van der Waals surface area contributed by atoms with Gasteiger partial charge in [0.2, 0.25) is 0 Å². The summed E-state index contributed by atoms with van der Waals surface area (Å²) in [6.07, 6.45) is 2.23. The smallest absolute Gasteiger partial charge is 0.00670 e. The normalized spacial score (nSPS) is 23.2. The molecular formula is C12H14S. The van der Waals surface area contributed by atoms with Gasteiger partial charge < -0.3 is 0 Å². The third kappa shape index (κ3) is 2.25. The lowest BCUT2D eigenvalue weighted by Gasteiger charge is -2.09. The van der Waals surface area contributed by atoms with Crippen molar-refractivity contribution in [2.24, 2.45) is 0 Å². The van der Waals surface area contributed by atoms with Gasteiger partial charge in [-0.05, 0) is 28.9 Å². The molecule has 0 N–H and O–H groups in total. The van der Waals surface area contributed by atoms with Crippen molar-refractivity contribution < 1.29 is 0 Å². The van der Waals surface area contributed by atoms with Crippen molar-refractivity contribution in [3.05, 3.63) is 58.4 Å². The standard InChI is InChI=1S/C12H14S/c1-11-7-8-13(9-11)10-12-5-3-2-4-6-12/h2-9,13H,10H2,1H3. The van der Waals surface area contributed by atoms with Crippen LogP contribution < -0.4 is 0 Å². The molecule has 1 atom stereocenters. The molecule has 0 radical (unpaired) electrons. The first kappa shape index (κ1) is 8.64. The molecule has 0 bridgehead atoms. The molecule has 68 valence electrons. The lowest BCUT2D eigenvalue weighted by Crippen LogP contribution is -1.80. The van der Waals surface area contributed by atoms with Crippen LogP contribution in [0, 0.1) is 0 Å². The lowest BCUT2D eigenvalue weighted by molar-refractivity contribution is 1.42. The van der Waals surface area contributed by atoms with Crippen LogP contribution in [0.15, 0.2) is 52.8 Å². The maximum atomic E-state index is 2.39. The van der Waals surface area contributed by atoms with Crippen LogP contribution >= 0.6 is 10.9 Å². The minimum absolute atomic E-state index is 0.00334. The molecule has 1 unspecified atom stereocenters. The fraction of sp³-hybridized carbons (Fsp3) is 0.167. The van der Waals surface area contributed by atoms with Crippen molar-refractivity contribution in [2.45, 2.75) is 12.7 Å². The summed E-state index contributed by atoms with van der Waals surface area (Å²) in [5.41, 5.74) is 2.87. The number of hydrogen-bond donors (Lipinski definition) is 1. The van der Waals surface area contributed by atoms with Crippen molar-refractivity contribution in [2.75, 3.05) is 0 Å². The molecular weight excluding hydrogens is 176 g/mol. The van der Waals surface area contributed by atoms with Gasteiger partial charge in [-0.1, -0.05) is 36.4 Å². The summed E-state index contributed by atoms with van der Waals surface area (Å²) in [5, 5.41) is 4.74. The molecule has 0 saturated carbocycles. The van der Waals surface area contributed by atoms with Crippen molar-refractivity contribution >= 4 is 10.9 Å². The second-order valence-electron chi connectivity index (χ2n) is 3.35. The summed E-state index contributed by atoms with van der Waals surface area (Å²) in [6, 6.07) is 10.7. The van der Waals surface area contributed by atoms with Crippen molar-refractivity contribution in [3.63, 3.8) is 0 Å². The van der Waals surface area contributed by atoms with E-state index >= 15 is 0 Å². The minimum Gasteiger partial charge on any atom is -0.209 e. The van der Waals surface area contributed by atoms with Crippen LogP contribution in [0.1, 0.15) is 12.5 Å². The average molecular weight is 190 g/mol. The highest BCUT2D eigenvalue weighted by Crippen LogP contribution is 2.38. The van der Waals surface area contributed by atoms with E-state index in [-0.39, 0.29) is 10.9 Å². The van der Waals surface area contributed by atoms with E-state index in [4.69, 9.17) is 0 Å². The molecule has 13 heavy (non-hydrogen) atoms. The number of hydrogen-bond acceptors (Lipinski definition) is 0. The second-order valence-corrected chi connectivity index (χ2v) is 5.25. The maximum absolute atomic E-state index is 2.39. The van der Waals surface area contributed by atoms with Gasteiger partial charge in [0, 0.05) is 5.75 Å². The SMILES string of the molecule is CC1=C[SH](Cc2ccccc2)C=C1. The van der Waals surface area contributed by atoms with E-state index in [9.17, 15) is 0 Å². The maximum Gasteiger partial charge on any atom is 0.00670 e. The Morgan fingerprint density at radius 1 is 1.15 bits per heavy atom. The zero-order chi connectivity index (χ0) is 9.10. The van der Waals surface area contributed by atoms with E-state index < -0.39 is 0 Å². The Balaban J connectivity index is 2.04. The quantitative estimate of drug-likeness (QED) is 0.677. The molecule has 0 spiro atoms. The lowest BCUT2D eigenvalue weighted by atomic mass is 10.2. The van der Waals surface area contributed by atoms with Crippen LogP contribution in [-0.4, -0.2) is 0 Å². The van der Waals surface area contributed by atoms with Gasteiger partial charge in [0.05, 0.1) is 0 Å². The van der Waals surface area contributed by atoms with Gasteiger partial charge in [-0.25, -0.2) is 10.9 Å². The fourth-order valence-electron chi connectivity index (χ4n) is 1.45.